The number of hydrogen-bond donors (Lipinski definition) is 2. The Kier molecular flexibility index (Phi) is 5.10. The van der Waals surface area contributed by atoms with Crippen molar-refractivity contribution in [2.24, 2.45) is 0 Å². The molecule has 1 amide bonds. The molecule has 0 radical (unpaired) electrons. The Morgan fingerprint density at radius 3 is 2.86 bits per heavy atom. The number of hydrogen-bond acceptors (Lipinski definition) is 5. The van der Waals surface area contributed by atoms with Gasteiger partial charge in [-0.05, 0) is 18.9 Å². The molecule has 7 nitrogen and oxygen atoms in total. The van der Waals surface area contributed by atoms with Crippen LogP contribution in [0.2, 0.25) is 0 Å². The first-order chi connectivity index (χ1) is 10.1. The normalized spacial score (nSPS) is 13.8. The van der Waals surface area contributed by atoms with Crippen LogP contribution < -0.4 is 15.4 Å². The second kappa shape index (κ2) is 7.03. The molecule has 1 aromatic carbocycles. The van der Waals surface area contributed by atoms with Crippen LogP contribution in [-0.4, -0.2) is 30.5 Å². The molecule has 0 spiro atoms. The molecule has 0 aromatic heterocycles. The van der Waals surface area contributed by atoms with E-state index >= 15 is 0 Å². The van der Waals surface area contributed by atoms with Crippen LogP contribution in [0.25, 0.3) is 0 Å². The van der Waals surface area contributed by atoms with Crippen molar-refractivity contribution < 1.29 is 14.5 Å². The van der Waals surface area contributed by atoms with E-state index in [2.05, 4.69) is 10.6 Å². The number of carbonyl (C=O) groups is 1. The maximum atomic E-state index is 11.2. The van der Waals surface area contributed by atoms with E-state index in [1.165, 1.54) is 12.1 Å². The predicted molar refractivity (Wildman–Crippen MR) is 77.1 cm³/mol. The van der Waals surface area contributed by atoms with Gasteiger partial charge in [-0.3, -0.25) is 14.9 Å². The summed E-state index contributed by atoms with van der Waals surface area (Å²) in [4.78, 5) is 21.6. The van der Waals surface area contributed by atoms with Crippen molar-refractivity contribution in [1.82, 2.24) is 10.6 Å². The number of non-ortho nitro benzene ring substituents is 1. The SMILES string of the molecule is CNC(=O)CCOc1ccc([N+](=O)[O-])cc1CNC1CC1. The Labute approximate surface area is 122 Å². The average Bonchev–Trinajstić information content (AvgIpc) is 3.29. The van der Waals surface area contributed by atoms with Gasteiger partial charge in [0.15, 0.2) is 0 Å². The molecule has 1 aromatic rings. The first kappa shape index (κ1) is 15.2. The zero-order chi connectivity index (χ0) is 15.2. The Bertz CT molecular complexity index is 529. The summed E-state index contributed by atoms with van der Waals surface area (Å²) < 4.78 is 5.57. The number of nitrogens with zero attached hydrogens (tertiary/aromatic N) is 1. The molecule has 114 valence electrons. The molecule has 1 saturated carbocycles. The van der Waals surface area contributed by atoms with Gasteiger partial charge in [0, 0.05) is 37.3 Å². The van der Waals surface area contributed by atoms with E-state index in [1.807, 2.05) is 0 Å². The van der Waals surface area contributed by atoms with Gasteiger partial charge in [0.05, 0.1) is 18.0 Å². The van der Waals surface area contributed by atoms with Crippen molar-refractivity contribution in [2.45, 2.75) is 31.8 Å². The fourth-order valence-corrected chi connectivity index (χ4v) is 1.88. The van der Waals surface area contributed by atoms with Gasteiger partial charge in [0.2, 0.25) is 5.91 Å². The van der Waals surface area contributed by atoms with Gasteiger partial charge >= 0.3 is 0 Å². The number of nitrogens with one attached hydrogen (secondary N) is 2. The summed E-state index contributed by atoms with van der Waals surface area (Å²) in [5, 5.41) is 16.7. The minimum atomic E-state index is -0.422. The number of ether oxygens (including phenoxy) is 1. The minimum absolute atomic E-state index is 0.0428. The lowest BCUT2D eigenvalue weighted by Crippen LogP contribution is -2.20. The molecule has 0 aliphatic heterocycles. The Morgan fingerprint density at radius 1 is 1.48 bits per heavy atom. The molecule has 0 atom stereocenters. The highest BCUT2D eigenvalue weighted by atomic mass is 16.6. The van der Waals surface area contributed by atoms with Crippen molar-refractivity contribution in [2.75, 3.05) is 13.7 Å². The second-order valence-corrected chi connectivity index (χ2v) is 4.98. The molecule has 2 rings (SSSR count). The third kappa shape index (κ3) is 4.71. The third-order valence-corrected chi connectivity index (χ3v) is 3.28. The third-order valence-electron chi connectivity index (χ3n) is 3.28. The molecule has 0 heterocycles. The number of amides is 1. The number of nitro benzene ring substituents is 1. The van der Waals surface area contributed by atoms with Gasteiger partial charge in [0.1, 0.15) is 5.75 Å². The number of carbonyl (C=O) groups excluding carboxylic acids is 1. The van der Waals surface area contributed by atoms with Crippen LogP contribution >= 0.6 is 0 Å². The molecule has 0 bridgehead atoms. The van der Waals surface area contributed by atoms with Crippen LogP contribution in [-0.2, 0) is 11.3 Å². The zero-order valence-corrected chi connectivity index (χ0v) is 11.9. The van der Waals surface area contributed by atoms with E-state index in [1.54, 1.807) is 13.1 Å². The van der Waals surface area contributed by atoms with E-state index in [9.17, 15) is 14.9 Å². The second-order valence-electron chi connectivity index (χ2n) is 4.98. The summed E-state index contributed by atoms with van der Waals surface area (Å²) >= 11 is 0. The summed E-state index contributed by atoms with van der Waals surface area (Å²) in [6.45, 7) is 0.773. The minimum Gasteiger partial charge on any atom is -0.493 e. The Balaban J connectivity index is 2.02. The highest BCUT2D eigenvalue weighted by Crippen LogP contribution is 2.26. The zero-order valence-electron chi connectivity index (χ0n) is 11.9. The van der Waals surface area contributed by atoms with Crippen molar-refractivity contribution in [3.63, 3.8) is 0 Å². The van der Waals surface area contributed by atoms with E-state index < -0.39 is 4.92 Å². The lowest BCUT2D eigenvalue weighted by molar-refractivity contribution is -0.384. The Morgan fingerprint density at radius 2 is 2.24 bits per heavy atom. The molecule has 21 heavy (non-hydrogen) atoms. The summed E-state index contributed by atoms with van der Waals surface area (Å²) in [5.74, 6) is 0.479. The smallest absolute Gasteiger partial charge is 0.270 e. The quantitative estimate of drug-likeness (QED) is 0.557. The maximum Gasteiger partial charge on any atom is 0.270 e. The van der Waals surface area contributed by atoms with Crippen LogP contribution in [0, 0.1) is 10.1 Å². The summed E-state index contributed by atoms with van der Waals surface area (Å²) in [7, 11) is 1.57. The van der Waals surface area contributed by atoms with Crippen molar-refractivity contribution in [1.29, 1.82) is 0 Å². The van der Waals surface area contributed by atoms with Crippen molar-refractivity contribution in [3.05, 3.63) is 33.9 Å². The predicted octanol–water partition coefficient (Wildman–Crippen LogP) is 1.36. The van der Waals surface area contributed by atoms with Gasteiger partial charge in [-0.15, -0.1) is 0 Å². The van der Waals surface area contributed by atoms with Gasteiger partial charge in [0.25, 0.3) is 5.69 Å². The molecule has 1 fully saturated rings. The van der Waals surface area contributed by atoms with Crippen molar-refractivity contribution in [3.8, 4) is 5.75 Å². The van der Waals surface area contributed by atoms with Crippen LogP contribution in [0.15, 0.2) is 18.2 Å². The molecule has 0 saturated heterocycles. The van der Waals surface area contributed by atoms with Crippen LogP contribution in [0.1, 0.15) is 24.8 Å². The molecule has 2 N–H and O–H groups in total. The molecule has 7 heteroatoms. The summed E-state index contributed by atoms with van der Waals surface area (Å²) in [6.07, 6.45) is 2.53. The highest BCUT2D eigenvalue weighted by Gasteiger charge is 2.21. The summed E-state index contributed by atoms with van der Waals surface area (Å²) in [5.41, 5.74) is 0.786. The van der Waals surface area contributed by atoms with E-state index in [0.29, 0.717) is 18.3 Å². The standard InChI is InChI=1S/C14H19N3O4/c1-15-14(18)6-7-21-13-5-4-12(17(19)20)8-10(13)9-16-11-2-3-11/h4-5,8,11,16H,2-3,6-7,9H2,1H3,(H,15,18). The van der Waals surface area contributed by atoms with E-state index in [4.69, 9.17) is 4.74 Å². The fraction of sp³-hybridized carbons (Fsp3) is 0.500. The van der Waals surface area contributed by atoms with Gasteiger partial charge in [-0.2, -0.15) is 0 Å². The highest BCUT2D eigenvalue weighted by molar-refractivity contribution is 5.75. The van der Waals surface area contributed by atoms with Gasteiger partial charge in [-0.25, -0.2) is 0 Å². The lowest BCUT2D eigenvalue weighted by Gasteiger charge is -2.12. The molecular formula is C14H19N3O4. The van der Waals surface area contributed by atoms with Crippen LogP contribution in [0.5, 0.6) is 5.75 Å². The summed E-state index contributed by atoms with van der Waals surface area (Å²) in [6, 6.07) is 5.02. The van der Waals surface area contributed by atoms with Crippen LogP contribution in [0.3, 0.4) is 0 Å². The average molecular weight is 293 g/mol. The maximum absolute atomic E-state index is 11.2. The molecular weight excluding hydrogens is 274 g/mol. The monoisotopic (exact) mass is 293 g/mol. The molecule has 1 aliphatic carbocycles. The topological polar surface area (TPSA) is 93.5 Å². The molecule has 0 unspecified atom stereocenters. The largest absolute Gasteiger partial charge is 0.493 e. The number of benzene rings is 1. The number of rotatable bonds is 8. The Hall–Kier alpha value is -2.15. The van der Waals surface area contributed by atoms with E-state index in [0.717, 1.165) is 18.4 Å². The fourth-order valence-electron chi connectivity index (χ4n) is 1.88. The first-order valence-corrected chi connectivity index (χ1v) is 6.94. The van der Waals surface area contributed by atoms with Crippen LogP contribution in [0.4, 0.5) is 5.69 Å². The lowest BCUT2D eigenvalue weighted by atomic mass is 10.1. The van der Waals surface area contributed by atoms with Crippen molar-refractivity contribution >= 4 is 11.6 Å². The van der Waals surface area contributed by atoms with Gasteiger partial charge in [-0.1, -0.05) is 0 Å². The molecule has 1 aliphatic rings. The first-order valence-electron chi connectivity index (χ1n) is 6.94. The van der Waals surface area contributed by atoms with E-state index in [-0.39, 0.29) is 24.6 Å². The van der Waals surface area contributed by atoms with Gasteiger partial charge < -0.3 is 15.4 Å². The number of nitro groups is 1.